The van der Waals surface area contributed by atoms with E-state index >= 15 is 0 Å². The van der Waals surface area contributed by atoms with Gasteiger partial charge in [0.05, 0.1) is 10.6 Å². The van der Waals surface area contributed by atoms with Crippen molar-refractivity contribution >= 4 is 21.6 Å². The van der Waals surface area contributed by atoms with Crippen LogP contribution in [0.15, 0.2) is 47.4 Å². The summed E-state index contributed by atoms with van der Waals surface area (Å²) in [4.78, 5) is 12.3. The zero-order chi connectivity index (χ0) is 19.6. The van der Waals surface area contributed by atoms with E-state index in [1.807, 2.05) is 6.92 Å². The Morgan fingerprint density at radius 1 is 1.11 bits per heavy atom. The van der Waals surface area contributed by atoms with Crippen LogP contribution in [0.25, 0.3) is 0 Å². The lowest BCUT2D eigenvalue weighted by Gasteiger charge is -2.32. The zero-order valence-corrected chi connectivity index (χ0v) is 15.6. The summed E-state index contributed by atoms with van der Waals surface area (Å²) in [7, 11) is -3.63. The predicted octanol–water partition coefficient (Wildman–Crippen LogP) is 3.78. The molecule has 0 saturated carbocycles. The molecule has 1 fully saturated rings. The highest BCUT2D eigenvalue weighted by molar-refractivity contribution is 7.89. The first-order valence-corrected chi connectivity index (χ1v) is 10.1. The monoisotopic (exact) mass is 394 g/mol. The van der Waals surface area contributed by atoms with Crippen LogP contribution in [0.3, 0.4) is 0 Å². The van der Waals surface area contributed by atoms with Crippen LogP contribution in [0.2, 0.25) is 0 Å². The molecule has 1 amide bonds. The maximum absolute atomic E-state index is 13.6. The van der Waals surface area contributed by atoms with Crippen molar-refractivity contribution in [3.8, 4) is 0 Å². The number of piperidine rings is 1. The van der Waals surface area contributed by atoms with E-state index in [-0.39, 0.29) is 22.2 Å². The van der Waals surface area contributed by atoms with Gasteiger partial charge in [0, 0.05) is 24.2 Å². The summed E-state index contributed by atoms with van der Waals surface area (Å²) in [5.74, 6) is -2.10. The molecular weight excluding hydrogens is 374 g/mol. The van der Waals surface area contributed by atoms with Gasteiger partial charge in [-0.05, 0) is 56.2 Å². The Bertz CT molecular complexity index is 946. The number of sulfonamides is 1. The number of carbonyl (C=O) groups is 1. The summed E-state index contributed by atoms with van der Waals surface area (Å²) in [5, 5.41) is 2.28. The number of rotatable bonds is 4. The van der Waals surface area contributed by atoms with Crippen LogP contribution >= 0.6 is 0 Å². The average Bonchev–Trinajstić information content (AvgIpc) is 2.65. The second-order valence-corrected chi connectivity index (χ2v) is 8.45. The average molecular weight is 394 g/mol. The lowest BCUT2D eigenvalue weighted by atomic mass is 10.1. The molecule has 0 aliphatic carbocycles. The van der Waals surface area contributed by atoms with E-state index in [1.54, 1.807) is 0 Å². The third kappa shape index (κ3) is 4.17. The van der Waals surface area contributed by atoms with E-state index in [0.29, 0.717) is 6.54 Å². The van der Waals surface area contributed by atoms with Crippen molar-refractivity contribution < 1.29 is 22.0 Å². The van der Waals surface area contributed by atoms with Crippen molar-refractivity contribution in [1.29, 1.82) is 0 Å². The Kier molecular flexibility index (Phi) is 5.57. The highest BCUT2D eigenvalue weighted by atomic mass is 32.2. The number of benzene rings is 2. The van der Waals surface area contributed by atoms with Gasteiger partial charge in [-0.3, -0.25) is 4.79 Å². The Hall–Kier alpha value is -2.32. The van der Waals surface area contributed by atoms with Crippen LogP contribution in [-0.2, 0) is 10.0 Å². The molecule has 0 radical (unpaired) electrons. The van der Waals surface area contributed by atoms with Crippen LogP contribution in [0, 0.1) is 11.6 Å². The maximum atomic E-state index is 13.6. The number of nitrogens with one attached hydrogen (secondary N) is 1. The molecule has 2 aromatic carbocycles. The first-order valence-electron chi connectivity index (χ1n) is 8.67. The largest absolute Gasteiger partial charge is 0.319 e. The van der Waals surface area contributed by atoms with E-state index in [9.17, 15) is 22.0 Å². The molecule has 1 atom stereocenters. The van der Waals surface area contributed by atoms with Crippen molar-refractivity contribution in [2.75, 3.05) is 11.9 Å². The summed E-state index contributed by atoms with van der Waals surface area (Å²) < 4.78 is 53.9. The van der Waals surface area contributed by atoms with Crippen molar-refractivity contribution in [3.63, 3.8) is 0 Å². The first-order chi connectivity index (χ1) is 12.8. The third-order valence-corrected chi connectivity index (χ3v) is 6.67. The van der Waals surface area contributed by atoms with Crippen LogP contribution in [0.1, 0.15) is 36.5 Å². The molecule has 0 aromatic heterocycles. The summed E-state index contributed by atoms with van der Waals surface area (Å²) in [6, 6.07) is 8.10. The fourth-order valence-electron chi connectivity index (χ4n) is 3.13. The molecule has 1 heterocycles. The molecule has 0 bridgehead atoms. The summed E-state index contributed by atoms with van der Waals surface area (Å²) in [6.07, 6.45) is 2.64. The lowest BCUT2D eigenvalue weighted by molar-refractivity contribution is 0.102. The van der Waals surface area contributed by atoms with E-state index in [0.717, 1.165) is 37.5 Å². The van der Waals surface area contributed by atoms with Gasteiger partial charge in [0.1, 0.15) is 11.6 Å². The summed E-state index contributed by atoms with van der Waals surface area (Å²) in [6.45, 7) is 2.36. The molecule has 8 heteroatoms. The Morgan fingerprint density at radius 2 is 1.81 bits per heavy atom. The topological polar surface area (TPSA) is 66.5 Å². The van der Waals surface area contributed by atoms with E-state index in [4.69, 9.17) is 0 Å². The van der Waals surface area contributed by atoms with Gasteiger partial charge < -0.3 is 5.32 Å². The molecule has 1 unspecified atom stereocenters. The van der Waals surface area contributed by atoms with E-state index < -0.39 is 27.6 Å². The fraction of sp³-hybridized carbons (Fsp3) is 0.316. The van der Waals surface area contributed by atoms with Crippen LogP contribution < -0.4 is 5.32 Å². The van der Waals surface area contributed by atoms with Gasteiger partial charge in [0.25, 0.3) is 5.91 Å². The minimum atomic E-state index is -3.63. The fourth-order valence-corrected chi connectivity index (χ4v) is 4.83. The number of halogens is 2. The lowest BCUT2D eigenvalue weighted by Crippen LogP contribution is -2.41. The van der Waals surface area contributed by atoms with Crippen molar-refractivity contribution in [2.45, 2.75) is 37.1 Å². The predicted molar refractivity (Wildman–Crippen MR) is 98.0 cm³/mol. The number of carbonyl (C=O) groups excluding carboxylic acids is 1. The molecule has 1 aliphatic heterocycles. The van der Waals surface area contributed by atoms with E-state index in [2.05, 4.69) is 5.32 Å². The minimum absolute atomic E-state index is 0.0670. The second kappa shape index (κ2) is 7.74. The molecule has 1 saturated heterocycles. The van der Waals surface area contributed by atoms with Gasteiger partial charge in [-0.2, -0.15) is 4.31 Å². The van der Waals surface area contributed by atoms with Gasteiger partial charge in [0.2, 0.25) is 10.0 Å². The Morgan fingerprint density at radius 3 is 2.48 bits per heavy atom. The van der Waals surface area contributed by atoms with Crippen LogP contribution in [-0.4, -0.2) is 31.2 Å². The van der Waals surface area contributed by atoms with Gasteiger partial charge in [0.15, 0.2) is 0 Å². The van der Waals surface area contributed by atoms with Crippen molar-refractivity contribution in [2.24, 2.45) is 0 Å². The van der Waals surface area contributed by atoms with E-state index in [1.165, 1.54) is 28.6 Å². The Balaban J connectivity index is 1.78. The van der Waals surface area contributed by atoms with Crippen LogP contribution in [0.4, 0.5) is 14.5 Å². The molecule has 144 valence electrons. The maximum Gasteiger partial charge on any atom is 0.255 e. The number of amides is 1. The molecular formula is C19H20F2N2O3S. The molecule has 27 heavy (non-hydrogen) atoms. The van der Waals surface area contributed by atoms with Gasteiger partial charge in [-0.1, -0.05) is 6.42 Å². The number of nitrogens with zero attached hydrogens (tertiary/aromatic N) is 1. The molecule has 5 nitrogen and oxygen atoms in total. The normalized spacial score (nSPS) is 18.3. The number of anilines is 1. The highest BCUT2D eigenvalue weighted by Crippen LogP contribution is 2.25. The second-order valence-electron chi connectivity index (χ2n) is 6.56. The zero-order valence-electron chi connectivity index (χ0n) is 14.8. The quantitative estimate of drug-likeness (QED) is 0.858. The smallest absolute Gasteiger partial charge is 0.255 e. The van der Waals surface area contributed by atoms with Crippen molar-refractivity contribution in [1.82, 2.24) is 4.31 Å². The SMILES string of the molecule is CC1CCCCN1S(=O)(=O)c1ccc(C(=O)Nc2cc(F)ccc2F)cc1. The molecule has 1 aliphatic rings. The molecule has 0 spiro atoms. The number of hydrogen-bond donors (Lipinski definition) is 1. The first kappa shape index (κ1) is 19.4. The summed E-state index contributed by atoms with van der Waals surface area (Å²) in [5.41, 5.74) is -0.136. The minimum Gasteiger partial charge on any atom is -0.319 e. The standard InChI is InChI=1S/C19H20F2N2O3S/c1-13-4-2-3-11-23(13)27(25,26)16-8-5-14(6-9-16)19(24)22-18-12-15(20)7-10-17(18)21/h5-10,12-13H,2-4,11H2,1H3,(H,22,24). The van der Waals surface area contributed by atoms with Gasteiger partial charge >= 0.3 is 0 Å². The molecule has 3 rings (SSSR count). The van der Waals surface area contributed by atoms with Crippen LogP contribution in [0.5, 0.6) is 0 Å². The molecule has 2 aromatic rings. The third-order valence-electron chi connectivity index (χ3n) is 4.64. The number of hydrogen-bond acceptors (Lipinski definition) is 3. The molecule has 1 N–H and O–H groups in total. The highest BCUT2D eigenvalue weighted by Gasteiger charge is 2.30. The Labute approximate surface area is 157 Å². The van der Waals surface area contributed by atoms with Gasteiger partial charge in [-0.25, -0.2) is 17.2 Å². The summed E-state index contributed by atoms with van der Waals surface area (Å²) >= 11 is 0. The van der Waals surface area contributed by atoms with Gasteiger partial charge in [-0.15, -0.1) is 0 Å². The van der Waals surface area contributed by atoms with Crippen molar-refractivity contribution in [3.05, 3.63) is 59.7 Å².